The van der Waals surface area contributed by atoms with Gasteiger partial charge in [-0.1, -0.05) is 36.4 Å². The zero-order chi connectivity index (χ0) is 18.8. The molecule has 0 spiro atoms. The molecule has 0 saturated heterocycles. The van der Waals surface area contributed by atoms with Crippen LogP contribution >= 0.6 is 0 Å². The van der Waals surface area contributed by atoms with Crippen molar-refractivity contribution in [1.29, 1.82) is 0 Å². The molecule has 4 rings (SSSR count). The molecule has 2 N–H and O–H groups in total. The van der Waals surface area contributed by atoms with Gasteiger partial charge in [0.2, 0.25) is 5.91 Å². The van der Waals surface area contributed by atoms with Crippen molar-refractivity contribution >= 4 is 39.2 Å². The summed E-state index contributed by atoms with van der Waals surface area (Å²) < 4.78 is 11.5. The second-order valence-electron chi connectivity index (χ2n) is 6.37. The van der Waals surface area contributed by atoms with Gasteiger partial charge in [0.15, 0.2) is 0 Å². The Kier molecular flexibility index (Phi) is 4.42. The molecule has 5 heteroatoms. The number of para-hydroxylation sites is 2. The molecule has 5 nitrogen and oxygen atoms in total. The van der Waals surface area contributed by atoms with Gasteiger partial charge >= 0.3 is 0 Å². The quantitative estimate of drug-likeness (QED) is 0.524. The highest BCUT2D eigenvalue weighted by molar-refractivity contribution is 6.07. The second kappa shape index (κ2) is 7.03. The number of carbonyl (C=O) groups excluding carboxylic acids is 1. The molecule has 0 aliphatic carbocycles. The summed E-state index contributed by atoms with van der Waals surface area (Å²) in [5.74, 6) is 0.529. The number of ether oxygens (including phenoxy) is 1. The SMILES string of the molecule is COc1cc2c(cc1N[C@H](C)C(=O)Nc1ccccc1)oc1ccccc12. The number of rotatable bonds is 5. The van der Waals surface area contributed by atoms with Crippen LogP contribution in [0.2, 0.25) is 0 Å². The summed E-state index contributed by atoms with van der Waals surface area (Å²) in [7, 11) is 1.61. The van der Waals surface area contributed by atoms with Crippen molar-refractivity contribution in [2.45, 2.75) is 13.0 Å². The fraction of sp³-hybridized carbons (Fsp3) is 0.136. The summed E-state index contributed by atoms with van der Waals surface area (Å²) in [6.45, 7) is 1.81. The topological polar surface area (TPSA) is 63.5 Å². The van der Waals surface area contributed by atoms with Crippen LogP contribution in [0.5, 0.6) is 5.75 Å². The lowest BCUT2D eigenvalue weighted by molar-refractivity contribution is -0.116. The number of methoxy groups -OCH3 is 1. The van der Waals surface area contributed by atoms with Gasteiger partial charge in [0.1, 0.15) is 23.0 Å². The Balaban J connectivity index is 1.62. The Morgan fingerprint density at radius 3 is 2.48 bits per heavy atom. The van der Waals surface area contributed by atoms with Gasteiger partial charge in [-0.25, -0.2) is 0 Å². The monoisotopic (exact) mass is 360 g/mol. The van der Waals surface area contributed by atoms with Crippen molar-refractivity contribution in [1.82, 2.24) is 0 Å². The number of fused-ring (bicyclic) bond motifs is 3. The Bertz CT molecular complexity index is 1100. The molecule has 0 aliphatic heterocycles. The van der Waals surface area contributed by atoms with Crippen LogP contribution in [0.4, 0.5) is 11.4 Å². The Morgan fingerprint density at radius 2 is 1.70 bits per heavy atom. The van der Waals surface area contributed by atoms with Crippen LogP contribution in [-0.4, -0.2) is 19.1 Å². The molecule has 0 fully saturated rings. The first-order valence-corrected chi connectivity index (χ1v) is 8.77. The van der Waals surface area contributed by atoms with E-state index in [9.17, 15) is 4.79 Å². The summed E-state index contributed by atoms with van der Waals surface area (Å²) >= 11 is 0. The van der Waals surface area contributed by atoms with Crippen LogP contribution in [0.15, 0.2) is 71.1 Å². The first-order chi connectivity index (χ1) is 13.2. The number of benzene rings is 3. The zero-order valence-electron chi connectivity index (χ0n) is 15.2. The minimum absolute atomic E-state index is 0.132. The normalized spacial score (nSPS) is 12.1. The lowest BCUT2D eigenvalue weighted by Gasteiger charge is -2.17. The molecule has 1 atom stereocenters. The van der Waals surface area contributed by atoms with Crippen LogP contribution in [0.3, 0.4) is 0 Å². The van der Waals surface area contributed by atoms with Gasteiger partial charge in [0.05, 0.1) is 12.8 Å². The molecular formula is C22H20N2O3. The maximum Gasteiger partial charge on any atom is 0.246 e. The van der Waals surface area contributed by atoms with E-state index < -0.39 is 6.04 Å². The highest BCUT2D eigenvalue weighted by Gasteiger charge is 2.17. The average molecular weight is 360 g/mol. The smallest absolute Gasteiger partial charge is 0.246 e. The van der Waals surface area contributed by atoms with E-state index in [1.165, 1.54) is 0 Å². The molecule has 1 amide bonds. The van der Waals surface area contributed by atoms with Crippen molar-refractivity contribution in [3.8, 4) is 5.75 Å². The van der Waals surface area contributed by atoms with E-state index in [0.717, 1.165) is 27.6 Å². The number of nitrogens with one attached hydrogen (secondary N) is 2. The summed E-state index contributed by atoms with van der Waals surface area (Å²) in [4.78, 5) is 12.5. The molecule has 4 aromatic rings. The Labute approximate surface area is 156 Å². The number of hydrogen-bond donors (Lipinski definition) is 2. The van der Waals surface area contributed by atoms with Gasteiger partial charge in [0, 0.05) is 22.5 Å². The first-order valence-electron chi connectivity index (χ1n) is 8.77. The highest BCUT2D eigenvalue weighted by atomic mass is 16.5. The number of furan rings is 1. The van der Waals surface area contributed by atoms with E-state index in [0.29, 0.717) is 11.4 Å². The summed E-state index contributed by atoms with van der Waals surface area (Å²) in [5, 5.41) is 8.13. The van der Waals surface area contributed by atoms with Gasteiger partial charge in [-0.3, -0.25) is 4.79 Å². The fourth-order valence-electron chi connectivity index (χ4n) is 3.10. The maximum absolute atomic E-state index is 12.5. The van der Waals surface area contributed by atoms with Gasteiger partial charge in [-0.2, -0.15) is 0 Å². The van der Waals surface area contributed by atoms with E-state index >= 15 is 0 Å². The molecule has 1 heterocycles. The van der Waals surface area contributed by atoms with E-state index in [1.807, 2.05) is 66.7 Å². The van der Waals surface area contributed by atoms with Gasteiger partial charge in [-0.05, 0) is 31.2 Å². The van der Waals surface area contributed by atoms with Crippen molar-refractivity contribution < 1.29 is 13.9 Å². The van der Waals surface area contributed by atoms with Crippen LogP contribution < -0.4 is 15.4 Å². The fourth-order valence-corrected chi connectivity index (χ4v) is 3.10. The second-order valence-corrected chi connectivity index (χ2v) is 6.37. The molecule has 136 valence electrons. The minimum atomic E-state index is -0.457. The number of amides is 1. The Morgan fingerprint density at radius 1 is 0.963 bits per heavy atom. The molecule has 0 bridgehead atoms. The van der Waals surface area contributed by atoms with Crippen LogP contribution in [0, 0.1) is 0 Å². The lowest BCUT2D eigenvalue weighted by atomic mass is 10.1. The van der Waals surface area contributed by atoms with E-state index in [2.05, 4.69) is 10.6 Å². The molecule has 0 saturated carbocycles. The zero-order valence-corrected chi connectivity index (χ0v) is 15.2. The van der Waals surface area contributed by atoms with E-state index in [-0.39, 0.29) is 5.91 Å². The van der Waals surface area contributed by atoms with Crippen molar-refractivity contribution in [2.75, 3.05) is 17.7 Å². The van der Waals surface area contributed by atoms with Gasteiger partial charge < -0.3 is 19.8 Å². The van der Waals surface area contributed by atoms with Crippen molar-refractivity contribution in [2.24, 2.45) is 0 Å². The van der Waals surface area contributed by atoms with Crippen LogP contribution in [0.1, 0.15) is 6.92 Å². The third-order valence-electron chi connectivity index (χ3n) is 4.51. The van der Waals surface area contributed by atoms with E-state index in [4.69, 9.17) is 9.15 Å². The lowest BCUT2D eigenvalue weighted by Crippen LogP contribution is -2.32. The third-order valence-corrected chi connectivity index (χ3v) is 4.51. The maximum atomic E-state index is 12.5. The predicted molar refractivity (Wildman–Crippen MR) is 108 cm³/mol. The molecule has 3 aromatic carbocycles. The largest absolute Gasteiger partial charge is 0.495 e. The highest BCUT2D eigenvalue weighted by Crippen LogP contribution is 2.36. The van der Waals surface area contributed by atoms with Crippen molar-refractivity contribution in [3.05, 3.63) is 66.7 Å². The number of carbonyl (C=O) groups is 1. The molecule has 0 unspecified atom stereocenters. The minimum Gasteiger partial charge on any atom is -0.495 e. The van der Waals surface area contributed by atoms with E-state index in [1.54, 1.807) is 14.0 Å². The molecule has 0 radical (unpaired) electrons. The van der Waals surface area contributed by atoms with Crippen LogP contribution in [-0.2, 0) is 4.79 Å². The molecular weight excluding hydrogens is 340 g/mol. The average Bonchev–Trinajstić information content (AvgIpc) is 3.05. The van der Waals surface area contributed by atoms with Gasteiger partial charge in [0.25, 0.3) is 0 Å². The predicted octanol–water partition coefficient (Wildman–Crippen LogP) is 5.03. The van der Waals surface area contributed by atoms with Crippen molar-refractivity contribution in [3.63, 3.8) is 0 Å². The molecule has 1 aromatic heterocycles. The Hall–Kier alpha value is -3.47. The standard InChI is InChI=1S/C22H20N2O3/c1-14(22(25)24-15-8-4-3-5-9-15)23-18-13-20-17(12-21(18)26-2)16-10-6-7-11-19(16)27-20/h3-14,23H,1-2H3,(H,24,25)/t14-/m1/s1. The first kappa shape index (κ1) is 17.0. The van der Waals surface area contributed by atoms with Gasteiger partial charge in [-0.15, -0.1) is 0 Å². The molecule has 0 aliphatic rings. The van der Waals surface area contributed by atoms with Crippen LogP contribution in [0.25, 0.3) is 21.9 Å². The third kappa shape index (κ3) is 3.31. The summed E-state index contributed by atoms with van der Waals surface area (Å²) in [6.07, 6.45) is 0. The number of hydrogen-bond acceptors (Lipinski definition) is 4. The summed E-state index contributed by atoms with van der Waals surface area (Å²) in [5.41, 5.74) is 3.03. The number of anilines is 2. The summed E-state index contributed by atoms with van der Waals surface area (Å²) in [6, 6.07) is 20.6. The molecule has 27 heavy (non-hydrogen) atoms.